The fourth-order valence-corrected chi connectivity index (χ4v) is 3.16. The van der Waals surface area contributed by atoms with Crippen LogP contribution in [0.2, 0.25) is 0 Å². The van der Waals surface area contributed by atoms with Crippen molar-refractivity contribution in [2.45, 2.75) is 38.7 Å². The normalized spacial score (nSPS) is 23.1. The lowest BCUT2D eigenvalue weighted by molar-refractivity contribution is -0.137. The molecule has 9 heteroatoms. The summed E-state index contributed by atoms with van der Waals surface area (Å²) in [6.07, 6.45) is -4.40. The van der Waals surface area contributed by atoms with Crippen LogP contribution in [0, 0.1) is 0 Å². The molecular weight excluding hydrogens is 333 g/mol. The molecule has 2 aromatic rings. The third kappa shape index (κ3) is 3.82. The van der Waals surface area contributed by atoms with Crippen molar-refractivity contribution in [3.63, 3.8) is 0 Å². The highest BCUT2D eigenvalue weighted by molar-refractivity contribution is 5.36. The number of rotatable bonds is 3. The van der Waals surface area contributed by atoms with Crippen molar-refractivity contribution in [3.05, 3.63) is 35.7 Å². The minimum atomic E-state index is -4.40. The molecule has 0 saturated carbocycles. The van der Waals surface area contributed by atoms with E-state index in [9.17, 15) is 13.2 Å². The second-order valence-electron chi connectivity index (χ2n) is 6.61. The molecule has 25 heavy (non-hydrogen) atoms. The molecule has 1 saturated heterocycles. The SMILES string of the molecule is C[C@@H]1CN(Cc2nnnn2-c2cccc(C(F)(F)F)c2)C[C@H](C)N1C. The molecule has 136 valence electrons. The Kier molecular flexibility index (Phi) is 4.79. The molecule has 0 unspecified atom stereocenters. The number of tetrazole rings is 1. The van der Waals surface area contributed by atoms with E-state index in [4.69, 9.17) is 0 Å². The molecule has 1 fully saturated rings. The molecule has 6 nitrogen and oxygen atoms in total. The standard InChI is InChI=1S/C16H21F3N6/c1-11-8-24(9-12(2)23(11)3)10-15-20-21-22-25(15)14-6-4-5-13(7-14)16(17,18)19/h4-7,11-12H,8-10H2,1-3H3/t11-,12+. The van der Waals surface area contributed by atoms with Gasteiger partial charge in [-0.15, -0.1) is 5.10 Å². The number of hydrogen-bond acceptors (Lipinski definition) is 5. The lowest BCUT2D eigenvalue weighted by Crippen LogP contribution is -2.54. The van der Waals surface area contributed by atoms with E-state index in [1.807, 2.05) is 0 Å². The van der Waals surface area contributed by atoms with Crippen molar-refractivity contribution in [2.24, 2.45) is 0 Å². The maximum absolute atomic E-state index is 12.9. The molecule has 0 bridgehead atoms. The molecule has 2 atom stereocenters. The van der Waals surface area contributed by atoms with Gasteiger partial charge in [-0.1, -0.05) is 6.07 Å². The molecule has 0 radical (unpaired) electrons. The minimum Gasteiger partial charge on any atom is -0.298 e. The maximum Gasteiger partial charge on any atom is 0.416 e. The fraction of sp³-hybridized carbons (Fsp3) is 0.562. The highest BCUT2D eigenvalue weighted by atomic mass is 19.4. The van der Waals surface area contributed by atoms with Crippen LogP contribution in [0.4, 0.5) is 13.2 Å². The number of alkyl halides is 3. The van der Waals surface area contributed by atoms with Gasteiger partial charge in [0.2, 0.25) is 0 Å². The van der Waals surface area contributed by atoms with Crippen LogP contribution in [0.25, 0.3) is 5.69 Å². The first-order valence-corrected chi connectivity index (χ1v) is 8.15. The van der Waals surface area contributed by atoms with E-state index < -0.39 is 11.7 Å². The first kappa shape index (κ1) is 17.8. The summed E-state index contributed by atoms with van der Waals surface area (Å²) in [5.74, 6) is 0.531. The van der Waals surface area contributed by atoms with Crippen LogP contribution >= 0.6 is 0 Å². The second-order valence-corrected chi connectivity index (χ2v) is 6.61. The molecule has 0 spiro atoms. The average molecular weight is 354 g/mol. The summed E-state index contributed by atoms with van der Waals surface area (Å²) in [6.45, 7) is 6.51. The quantitative estimate of drug-likeness (QED) is 0.846. The number of likely N-dealkylation sites (N-methyl/N-ethyl adjacent to an activating group) is 1. The first-order valence-electron chi connectivity index (χ1n) is 8.15. The van der Waals surface area contributed by atoms with E-state index in [1.54, 1.807) is 6.07 Å². The topological polar surface area (TPSA) is 50.1 Å². The number of nitrogens with zero attached hydrogens (tertiary/aromatic N) is 6. The van der Waals surface area contributed by atoms with Gasteiger partial charge in [0, 0.05) is 25.2 Å². The Morgan fingerprint density at radius 2 is 1.84 bits per heavy atom. The summed E-state index contributed by atoms with van der Waals surface area (Å²) in [5.41, 5.74) is -0.404. The van der Waals surface area contributed by atoms with Gasteiger partial charge in [0.15, 0.2) is 5.82 Å². The summed E-state index contributed by atoms with van der Waals surface area (Å²) in [5, 5.41) is 11.5. The van der Waals surface area contributed by atoms with Gasteiger partial charge in [-0.3, -0.25) is 9.80 Å². The Labute approximate surface area is 144 Å². The Balaban J connectivity index is 1.82. The lowest BCUT2D eigenvalue weighted by Gasteiger charge is -2.42. The minimum absolute atomic E-state index is 0.310. The maximum atomic E-state index is 12.9. The summed E-state index contributed by atoms with van der Waals surface area (Å²) in [4.78, 5) is 4.54. The molecule has 0 N–H and O–H groups in total. The highest BCUT2D eigenvalue weighted by Gasteiger charge is 2.31. The second kappa shape index (κ2) is 6.72. The van der Waals surface area contributed by atoms with E-state index >= 15 is 0 Å². The molecular formula is C16H21F3N6. The van der Waals surface area contributed by atoms with Crippen molar-refractivity contribution in [1.82, 2.24) is 30.0 Å². The van der Waals surface area contributed by atoms with Gasteiger partial charge < -0.3 is 0 Å². The third-order valence-corrected chi connectivity index (χ3v) is 4.75. The van der Waals surface area contributed by atoms with E-state index in [0.29, 0.717) is 30.1 Å². The Morgan fingerprint density at radius 1 is 1.16 bits per heavy atom. The lowest BCUT2D eigenvalue weighted by atomic mass is 10.1. The summed E-state index contributed by atoms with van der Waals surface area (Å²) in [6, 6.07) is 5.82. The first-order chi connectivity index (χ1) is 11.8. The van der Waals surface area contributed by atoms with Crippen LogP contribution in [-0.4, -0.2) is 62.2 Å². The molecule has 1 aromatic heterocycles. The van der Waals surface area contributed by atoms with Crippen LogP contribution in [0.3, 0.4) is 0 Å². The van der Waals surface area contributed by atoms with Gasteiger partial charge in [0.05, 0.1) is 17.8 Å². The Morgan fingerprint density at radius 3 is 2.48 bits per heavy atom. The van der Waals surface area contributed by atoms with Gasteiger partial charge >= 0.3 is 6.18 Å². The monoisotopic (exact) mass is 354 g/mol. The summed E-state index contributed by atoms with van der Waals surface area (Å²) < 4.78 is 40.2. The van der Waals surface area contributed by atoms with E-state index in [2.05, 4.69) is 46.2 Å². The number of halogens is 3. The van der Waals surface area contributed by atoms with E-state index in [-0.39, 0.29) is 0 Å². The van der Waals surface area contributed by atoms with Gasteiger partial charge in [0.25, 0.3) is 0 Å². The zero-order valence-corrected chi connectivity index (χ0v) is 14.4. The van der Waals surface area contributed by atoms with Crippen molar-refractivity contribution in [1.29, 1.82) is 0 Å². The smallest absolute Gasteiger partial charge is 0.298 e. The molecule has 1 aromatic carbocycles. The van der Waals surface area contributed by atoms with Crippen LogP contribution in [0.15, 0.2) is 24.3 Å². The Bertz CT molecular complexity index is 717. The summed E-state index contributed by atoms with van der Waals surface area (Å²) >= 11 is 0. The zero-order valence-electron chi connectivity index (χ0n) is 14.4. The Hall–Kier alpha value is -2.00. The fourth-order valence-electron chi connectivity index (χ4n) is 3.16. The zero-order chi connectivity index (χ0) is 18.2. The molecule has 2 heterocycles. The highest BCUT2D eigenvalue weighted by Crippen LogP contribution is 2.30. The predicted octanol–water partition coefficient (Wildman–Crippen LogP) is 2.21. The average Bonchev–Trinajstić information content (AvgIpc) is 3.00. The largest absolute Gasteiger partial charge is 0.416 e. The predicted molar refractivity (Wildman–Crippen MR) is 86.1 cm³/mol. The third-order valence-electron chi connectivity index (χ3n) is 4.75. The van der Waals surface area contributed by atoms with Gasteiger partial charge in [-0.05, 0) is 49.5 Å². The van der Waals surface area contributed by atoms with Crippen LogP contribution in [0.5, 0.6) is 0 Å². The molecule has 1 aliphatic rings. The van der Waals surface area contributed by atoms with Crippen molar-refractivity contribution < 1.29 is 13.2 Å². The molecule has 3 rings (SSSR count). The van der Waals surface area contributed by atoms with E-state index in [1.165, 1.54) is 10.7 Å². The van der Waals surface area contributed by atoms with E-state index in [0.717, 1.165) is 25.2 Å². The van der Waals surface area contributed by atoms with Gasteiger partial charge in [-0.2, -0.15) is 17.9 Å². The van der Waals surface area contributed by atoms with Crippen molar-refractivity contribution >= 4 is 0 Å². The van der Waals surface area contributed by atoms with Crippen molar-refractivity contribution in [3.8, 4) is 5.69 Å². The number of piperazine rings is 1. The molecule has 0 amide bonds. The van der Waals surface area contributed by atoms with Crippen LogP contribution in [0.1, 0.15) is 25.2 Å². The van der Waals surface area contributed by atoms with Crippen LogP contribution < -0.4 is 0 Å². The number of benzene rings is 1. The molecule has 1 aliphatic heterocycles. The van der Waals surface area contributed by atoms with Gasteiger partial charge in [0.1, 0.15) is 0 Å². The number of aromatic nitrogens is 4. The van der Waals surface area contributed by atoms with Crippen LogP contribution in [-0.2, 0) is 12.7 Å². The number of hydrogen-bond donors (Lipinski definition) is 0. The van der Waals surface area contributed by atoms with Gasteiger partial charge in [-0.25, -0.2) is 0 Å². The van der Waals surface area contributed by atoms with Crippen molar-refractivity contribution in [2.75, 3.05) is 20.1 Å². The summed E-state index contributed by atoms with van der Waals surface area (Å²) in [7, 11) is 2.10. The molecule has 0 aliphatic carbocycles.